The van der Waals surface area contributed by atoms with Crippen molar-refractivity contribution in [2.45, 2.75) is 6.92 Å². The molecule has 0 radical (unpaired) electrons. The number of benzene rings is 2. The summed E-state index contributed by atoms with van der Waals surface area (Å²) in [6, 6.07) is 15.8. The third-order valence-electron chi connectivity index (χ3n) is 3.12. The fraction of sp³-hybridized carbons (Fsp3) is 0.0588. The van der Waals surface area contributed by atoms with Crippen LogP contribution in [0.5, 0.6) is 0 Å². The van der Waals surface area contributed by atoms with Crippen LogP contribution in [0.3, 0.4) is 0 Å². The summed E-state index contributed by atoms with van der Waals surface area (Å²) in [5.74, 6) is 1.06. The van der Waals surface area contributed by atoms with Crippen molar-refractivity contribution in [3.8, 4) is 22.9 Å². The Hall–Kier alpha value is -2.68. The summed E-state index contributed by atoms with van der Waals surface area (Å²) >= 11 is 0. The van der Waals surface area contributed by atoms with Crippen LogP contribution in [0.2, 0.25) is 0 Å². The Kier molecular flexibility index (Phi) is 3.17. The van der Waals surface area contributed by atoms with E-state index in [4.69, 9.17) is 4.42 Å². The average molecular weight is 262 g/mol. The second-order valence-electron chi connectivity index (χ2n) is 4.60. The zero-order chi connectivity index (χ0) is 13.9. The molecule has 3 aromatic rings. The first-order valence-corrected chi connectivity index (χ1v) is 6.40. The molecule has 0 saturated carbocycles. The monoisotopic (exact) mass is 262 g/mol. The molecule has 3 nitrogen and oxygen atoms in total. The van der Waals surface area contributed by atoms with Gasteiger partial charge < -0.3 is 4.42 Å². The molecule has 0 fully saturated rings. The fourth-order valence-electron chi connectivity index (χ4n) is 1.91. The smallest absolute Gasteiger partial charge is 0.248 e. The number of rotatable bonds is 3. The first-order valence-electron chi connectivity index (χ1n) is 6.40. The summed E-state index contributed by atoms with van der Waals surface area (Å²) in [6.07, 6.45) is 1.80. The van der Waals surface area contributed by atoms with Crippen LogP contribution in [-0.2, 0) is 0 Å². The molecule has 0 atom stereocenters. The van der Waals surface area contributed by atoms with Crippen molar-refractivity contribution in [3.63, 3.8) is 0 Å². The van der Waals surface area contributed by atoms with Crippen LogP contribution in [0.1, 0.15) is 11.1 Å². The van der Waals surface area contributed by atoms with Crippen LogP contribution in [0.15, 0.2) is 59.5 Å². The Balaban J connectivity index is 1.92. The van der Waals surface area contributed by atoms with E-state index in [0.29, 0.717) is 11.8 Å². The van der Waals surface area contributed by atoms with Crippen molar-refractivity contribution in [2.75, 3.05) is 0 Å². The maximum Gasteiger partial charge on any atom is 0.248 e. The van der Waals surface area contributed by atoms with Crippen molar-refractivity contribution in [3.05, 3.63) is 66.2 Å². The topological polar surface area (TPSA) is 38.9 Å². The van der Waals surface area contributed by atoms with E-state index in [0.717, 1.165) is 16.7 Å². The van der Waals surface area contributed by atoms with Gasteiger partial charge in [0.1, 0.15) is 0 Å². The van der Waals surface area contributed by atoms with Gasteiger partial charge in [0.15, 0.2) is 0 Å². The van der Waals surface area contributed by atoms with Crippen LogP contribution >= 0.6 is 0 Å². The van der Waals surface area contributed by atoms with Crippen LogP contribution in [-0.4, -0.2) is 10.2 Å². The number of aromatic nitrogens is 2. The molecule has 0 saturated heterocycles. The highest BCUT2D eigenvalue weighted by molar-refractivity contribution is 5.60. The first-order chi connectivity index (χ1) is 9.76. The Morgan fingerprint density at radius 3 is 1.85 bits per heavy atom. The lowest BCUT2D eigenvalue weighted by Crippen LogP contribution is -1.78. The normalized spacial score (nSPS) is 10.4. The standard InChI is InChI=1S/C17H14N2O/c1-3-13-6-10-15(11-7-13)17-19-18-16(20-17)14-8-4-12(2)5-9-14/h3-11H,1H2,2H3. The van der Waals surface area contributed by atoms with E-state index in [1.54, 1.807) is 6.08 Å². The molecule has 3 rings (SSSR count). The maximum atomic E-state index is 5.72. The largest absolute Gasteiger partial charge is 0.416 e. The Bertz CT molecular complexity index is 724. The molecule has 0 bridgehead atoms. The molecule has 2 aromatic carbocycles. The average Bonchev–Trinajstić information content (AvgIpc) is 2.98. The Labute approximate surface area is 117 Å². The molecule has 0 N–H and O–H groups in total. The van der Waals surface area contributed by atoms with Gasteiger partial charge in [0.2, 0.25) is 11.8 Å². The predicted octanol–water partition coefficient (Wildman–Crippen LogP) is 4.36. The summed E-state index contributed by atoms with van der Waals surface area (Å²) in [5.41, 5.74) is 4.10. The highest BCUT2D eigenvalue weighted by Crippen LogP contribution is 2.24. The second kappa shape index (κ2) is 5.13. The third kappa shape index (κ3) is 2.38. The van der Waals surface area contributed by atoms with Crippen LogP contribution in [0, 0.1) is 6.92 Å². The van der Waals surface area contributed by atoms with Gasteiger partial charge in [0.25, 0.3) is 0 Å². The lowest BCUT2D eigenvalue weighted by molar-refractivity contribution is 0.584. The van der Waals surface area contributed by atoms with Gasteiger partial charge in [-0.25, -0.2) is 0 Å². The lowest BCUT2D eigenvalue weighted by Gasteiger charge is -1.97. The maximum absolute atomic E-state index is 5.72. The Morgan fingerprint density at radius 2 is 1.35 bits per heavy atom. The minimum atomic E-state index is 0.524. The van der Waals surface area contributed by atoms with E-state index < -0.39 is 0 Å². The minimum Gasteiger partial charge on any atom is -0.416 e. The molecule has 20 heavy (non-hydrogen) atoms. The van der Waals surface area contributed by atoms with Crippen molar-refractivity contribution in [2.24, 2.45) is 0 Å². The number of hydrogen-bond acceptors (Lipinski definition) is 3. The molecular formula is C17H14N2O. The Morgan fingerprint density at radius 1 is 0.850 bits per heavy atom. The van der Waals surface area contributed by atoms with Gasteiger partial charge in [-0.15, -0.1) is 10.2 Å². The second-order valence-corrected chi connectivity index (χ2v) is 4.60. The summed E-state index contributed by atoms with van der Waals surface area (Å²) in [4.78, 5) is 0. The highest BCUT2D eigenvalue weighted by Gasteiger charge is 2.09. The molecule has 0 aliphatic carbocycles. The molecule has 0 aliphatic heterocycles. The van der Waals surface area contributed by atoms with Crippen molar-refractivity contribution in [1.29, 1.82) is 0 Å². The van der Waals surface area contributed by atoms with Gasteiger partial charge in [-0.05, 0) is 36.8 Å². The van der Waals surface area contributed by atoms with Crippen molar-refractivity contribution < 1.29 is 4.42 Å². The molecule has 98 valence electrons. The summed E-state index contributed by atoms with van der Waals surface area (Å²) < 4.78 is 5.72. The number of nitrogens with zero attached hydrogens (tertiary/aromatic N) is 2. The number of hydrogen-bond donors (Lipinski definition) is 0. The number of aryl methyl sites for hydroxylation is 1. The van der Waals surface area contributed by atoms with Crippen molar-refractivity contribution in [1.82, 2.24) is 10.2 Å². The molecule has 0 aliphatic rings. The summed E-state index contributed by atoms with van der Waals surface area (Å²) in [5, 5.41) is 8.20. The fourth-order valence-corrected chi connectivity index (χ4v) is 1.91. The minimum absolute atomic E-state index is 0.524. The molecule has 1 aromatic heterocycles. The quantitative estimate of drug-likeness (QED) is 0.704. The van der Waals surface area contributed by atoms with Gasteiger partial charge in [-0.2, -0.15) is 0 Å². The van der Waals surface area contributed by atoms with Crippen LogP contribution < -0.4 is 0 Å². The van der Waals surface area contributed by atoms with E-state index in [1.165, 1.54) is 5.56 Å². The summed E-state index contributed by atoms with van der Waals surface area (Å²) in [6.45, 7) is 5.78. The third-order valence-corrected chi connectivity index (χ3v) is 3.12. The van der Waals surface area contributed by atoms with Gasteiger partial charge >= 0.3 is 0 Å². The SMILES string of the molecule is C=Cc1ccc(-c2nnc(-c3ccc(C)cc3)o2)cc1. The van der Waals surface area contributed by atoms with Crippen molar-refractivity contribution >= 4 is 6.08 Å². The van der Waals surface area contributed by atoms with E-state index in [-0.39, 0.29) is 0 Å². The zero-order valence-electron chi connectivity index (χ0n) is 11.2. The predicted molar refractivity (Wildman–Crippen MR) is 80.0 cm³/mol. The van der Waals surface area contributed by atoms with Crippen LogP contribution in [0.25, 0.3) is 29.0 Å². The molecule has 0 amide bonds. The molecule has 0 spiro atoms. The lowest BCUT2D eigenvalue weighted by atomic mass is 10.1. The zero-order valence-corrected chi connectivity index (χ0v) is 11.2. The van der Waals surface area contributed by atoms with Gasteiger partial charge in [-0.1, -0.05) is 42.5 Å². The molecular weight excluding hydrogens is 248 g/mol. The van der Waals surface area contributed by atoms with Gasteiger partial charge in [0, 0.05) is 11.1 Å². The highest BCUT2D eigenvalue weighted by atomic mass is 16.4. The van der Waals surface area contributed by atoms with E-state index in [2.05, 4.69) is 16.8 Å². The van der Waals surface area contributed by atoms with E-state index in [9.17, 15) is 0 Å². The van der Waals surface area contributed by atoms with Gasteiger partial charge in [0.05, 0.1) is 0 Å². The molecule has 3 heteroatoms. The van der Waals surface area contributed by atoms with E-state index in [1.807, 2.05) is 55.5 Å². The first kappa shape index (κ1) is 12.4. The molecule has 0 unspecified atom stereocenters. The molecule has 1 heterocycles. The summed E-state index contributed by atoms with van der Waals surface area (Å²) in [7, 11) is 0. The van der Waals surface area contributed by atoms with Gasteiger partial charge in [-0.3, -0.25) is 0 Å². The van der Waals surface area contributed by atoms with Crippen LogP contribution in [0.4, 0.5) is 0 Å². The van der Waals surface area contributed by atoms with E-state index >= 15 is 0 Å².